The number of anilines is 1. The third kappa shape index (κ3) is 3.41. The van der Waals surface area contributed by atoms with Crippen LogP contribution in [0.15, 0.2) is 11.0 Å². The Bertz CT molecular complexity index is 1140. The summed E-state index contributed by atoms with van der Waals surface area (Å²) in [5.74, 6) is 3.31. The van der Waals surface area contributed by atoms with E-state index >= 15 is 0 Å². The largest absolute Gasteiger partial charge is 0.496 e. The van der Waals surface area contributed by atoms with E-state index in [1.807, 2.05) is 13.8 Å². The van der Waals surface area contributed by atoms with Crippen LogP contribution in [-0.4, -0.2) is 31.2 Å². The van der Waals surface area contributed by atoms with Gasteiger partial charge in [-0.2, -0.15) is 9.97 Å². The summed E-state index contributed by atoms with van der Waals surface area (Å²) in [6, 6.07) is 0. The predicted octanol–water partition coefficient (Wildman–Crippen LogP) is 2.31. The summed E-state index contributed by atoms with van der Waals surface area (Å²) in [7, 11) is 1.61. The average Bonchev–Trinajstić information content (AvgIpc) is 2.90. The molecule has 8 nitrogen and oxygen atoms in total. The lowest BCUT2D eigenvalue weighted by Gasteiger charge is -2.12. The molecule has 0 atom stereocenters. The number of nitrogens with two attached hydrogens (primary N) is 1. The standard InChI is InChI=1S/C19H21ClN6O2/c1-5-6-7-8-25-14-16(20)23-18(21)24-17(14)26(19(25)27)10-13-12(3)15(28-4)11(2)9-22-13/h1,9H,6-8,10H2,2-4H3,(H2,21,23,24). The summed E-state index contributed by atoms with van der Waals surface area (Å²) in [6.07, 6.45) is 8.22. The Morgan fingerprint density at radius 2 is 2.07 bits per heavy atom. The van der Waals surface area contributed by atoms with E-state index in [0.717, 1.165) is 16.9 Å². The molecule has 0 fully saturated rings. The molecule has 2 N–H and O–H groups in total. The Labute approximate surface area is 167 Å². The number of aromatic nitrogens is 5. The van der Waals surface area contributed by atoms with Gasteiger partial charge >= 0.3 is 5.69 Å². The van der Waals surface area contributed by atoms with Gasteiger partial charge in [0.1, 0.15) is 11.3 Å². The number of halogens is 1. The molecule has 0 saturated heterocycles. The minimum absolute atomic E-state index is 0.00167. The van der Waals surface area contributed by atoms with Crippen molar-refractivity contribution in [2.75, 3.05) is 12.8 Å². The second kappa shape index (κ2) is 7.90. The van der Waals surface area contributed by atoms with Crippen LogP contribution in [-0.2, 0) is 13.1 Å². The maximum atomic E-state index is 13.1. The van der Waals surface area contributed by atoms with E-state index in [2.05, 4.69) is 20.9 Å². The molecular weight excluding hydrogens is 380 g/mol. The van der Waals surface area contributed by atoms with Crippen molar-refractivity contribution in [1.82, 2.24) is 24.1 Å². The average molecular weight is 401 g/mol. The number of nitrogens with zero attached hydrogens (tertiary/aromatic N) is 5. The van der Waals surface area contributed by atoms with Gasteiger partial charge in [-0.15, -0.1) is 12.3 Å². The molecule has 0 aromatic carbocycles. The van der Waals surface area contributed by atoms with E-state index < -0.39 is 0 Å². The molecule has 0 aliphatic rings. The zero-order valence-electron chi connectivity index (χ0n) is 16.0. The van der Waals surface area contributed by atoms with E-state index in [1.165, 1.54) is 9.13 Å². The topological polar surface area (TPSA) is 101 Å². The fourth-order valence-electron chi connectivity index (χ4n) is 3.25. The fourth-order valence-corrected chi connectivity index (χ4v) is 3.53. The van der Waals surface area contributed by atoms with Gasteiger partial charge in [-0.05, 0) is 20.3 Å². The van der Waals surface area contributed by atoms with Crippen molar-refractivity contribution in [3.05, 3.63) is 38.7 Å². The van der Waals surface area contributed by atoms with Gasteiger partial charge in [-0.25, -0.2) is 4.79 Å². The Morgan fingerprint density at radius 1 is 1.32 bits per heavy atom. The van der Waals surface area contributed by atoms with Crippen molar-refractivity contribution < 1.29 is 4.74 Å². The van der Waals surface area contributed by atoms with E-state index in [4.69, 9.17) is 28.5 Å². The molecule has 28 heavy (non-hydrogen) atoms. The van der Waals surface area contributed by atoms with E-state index in [9.17, 15) is 4.79 Å². The Balaban J connectivity index is 2.18. The van der Waals surface area contributed by atoms with Crippen LogP contribution in [0.5, 0.6) is 5.75 Å². The lowest BCUT2D eigenvalue weighted by Crippen LogP contribution is -2.25. The number of aryl methyl sites for hydroxylation is 2. The highest BCUT2D eigenvalue weighted by Crippen LogP contribution is 2.26. The van der Waals surface area contributed by atoms with Crippen molar-refractivity contribution in [1.29, 1.82) is 0 Å². The summed E-state index contributed by atoms with van der Waals surface area (Å²) >= 11 is 6.29. The maximum Gasteiger partial charge on any atom is 0.330 e. The number of methoxy groups -OCH3 is 1. The minimum Gasteiger partial charge on any atom is -0.496 e. The predicted molar refractivity (Wildman–Crippen MR) is 109 cm³/mol. The van der Waals surface area contributed by atoms with Gasteiger partial charge in [-0.1, -0.05) is 11.6 Å². The number of pyridine rings is 1. The highest BCUT2D eigenvalue weighted by molar-refractivity contribution is 6.33. The van der Waals surface area contributed by atoms with Crippen molar-refractivity contribution in [3.63, 3.8) is 0 Å². The van der Waals surface area contributed by atoms with Crippen LogP contribution in [0.4, 0.5) is 5.95 Å². The molecule has 0 saturated carbocycles. The van der Waals surface area contributed by atoms with Gasteiger partial charge in [0, 0.05) is 30.3 Å². The monoisotopic (exact) mass is 400 g/mol. The van der Waals surface area contributed by atoms with Crippen LogP contribution < -0.4 is 16.2 Å². The molecule has 9 heteroatoms. The SMILES string of the molecule is C#CCCCn1c(=O)n(Cc2ncc(C)c(OC)c2C)c2nc(N)nc(Cl)c21. The maximum absolute atomic E-state index is 13.1. The zero-order valence-corrected chi connectivity index (χ0v) is 16.7. The van der Waals surface area contributed by atoms with Crippen molar-refractivity contribution in [2.45, 2.75) is 39.8 Å². The summed E-state index contributed by atoms with van der Waals surface area (Å²) < 4.78 is 8.50. The van der Waals surface area contributed by atoms with Crippen LogP contribution in [0.3, 0.4) is 0 Å². The summed E-state index contributed by atoms with van der Waals surface area (Å²) in [4.78, 5) is 25.9. The van der Waals surface area contributed by atoms with Crippen LogP contribution in [0.2, 0.25) is 5.15 Å². The first-order valence-corrected chi connectivity index (χ1v) is 9.11. The smallest absolute Gasteiger partial charge is 0.330 e. The van der Waals surface area contributed by atoms with Gasteiger partial charge in [0.05, 0.1) is 19.3 Å². The molecule has 3 aromatic heterocycles. The fraction of sp³-hybridized carbons (Fsp3) is 0.368. The van der Waals surface area contributed by atoms with Crippen LogP contribution in [0.25, 0.3) is 11.2 Å². The number of hydrogen-bond donors (Lipinski definition) is 1. The summed E-state index contributed by atoms with van der Waals surface area (Å²) in [5.41, 5.74) is 8.78. The quantitative estimate of drug-likeness (QED) is 0.387. The van der Waals surface area contributed by atoms with E-state index in [1.54, 1.807) is 13.3 Å². The molecular formula is C19H21ClN6O2. The van der Waals surface area contributed by atoms with E-state index in [0.29, 0.717) is 36.2 Å². The zero-order chi connectivity index (χ0) is 20.4. The first kappa shape index (κ1) is 19.7. The molecule has 0 spiro atoms. The number of nitrogen functional groups attached to an aromatic ring is 1. The molecule has 0 bridgehead atoms. The highest BCUT2D eigenvalue weighted by Gasteiger charge is 2.20. The molecule has 3 aromatic rings. The Morgan fingerprint density at radius 3 is 2.75 bits per heavy atom. The molecule has 0 amide bonds. The lowest BCUT2D eigenvalue weighted by atomic mass is 10.1. The first-order chi connectivity index (χ1) is 13.4. The number of terminal acetylenes is 1. The second-order valence-corrected chi connectivity index (χ2v) is 6.78. The van der Waals surface area contributed by atoms with Gasteiger partial charge in [0.25, 0.3) is 0 Å². The van der Waals surface area contributed by atoms with Crippen LogP contribution in [0.1, 0.15) is 29.7 Å². The highest BCUT2D eigenvalue weighted by atomic mass is 35.5. The molecule has 0 aliphatic heterocycles. The summed E-state index contributed by atoms with van der Waals surface area (Å²) in [5, 5.41) is 0.130. The van der Waals surface area contributed by atoms with E-state index in [-0.39, 0.29) is 23.3 Å². The number of hydrogen-bond acceptors (Lipinski definition) is 6. The number of ether oxygens (including phenoxy) is 1. The van der Waals surface area contributed by atoms with Gasteiger partial charge < -0.3 is 10.5 Å². The first-order valence-electron chi connectivity index (χ1n) is 8.73. The number of rotatable bonds is 6. The van der Waals surface area contributed by atoms with Gasteiger partial charge in [0.2, 0.25) is 5.95 Å². The van der Waals surface area contributed by atoms with Crippen molar-refractivity contribution in [2.24, 2.45) is 0 Å². The lowest BCUT2D eigenvalue weighted by molar-refractivity contribution is 0.406. The second-order valence-electron chi connectivity index (χ2n) is 6.42. The summed E-state index contributed by atoms with van der Waals surface area (Å²) in [6.45, 7) is 4.43. The van der Waals surface area contributed by atoms with Gasteiger partial charge in [-0.3, -0.25) is 14.1 Å². The molecule has 0 radical (unpaired) electrons. The minimum atomic E-state index is -0.269. The molecule has 0 unspecified atom stereocenters. The molecule has 0 aliphatic carbocycles. The third-order valence-corrected chi connectivity index (χ3v) is 4.85. The third-order valence-electron chi connectivity index (χ3n) is 4.59. The van der Waals surface area contributed by atoms with Crippen LogP contribution in [0, 0.1) is 26.2 Å². The van der Waals surface area contributed by atoms with Gasteiger partial charge in [0.15, 0.2) is 10.8 Å². The normalized spacial score (nSPS) is 11.0. The Hall–Kier alpha value is -3.05. The Kier molecular flexibility index (Phi) is 5.56. The number of imidazole rings is 1. The van der Waals surface area contributed by atoms with Crippen molar-refractivity contribution >= 4 is 28.7 Å². The van der Waals surface area contributed by atoms with Crippen molar-refractivity contribution in [3.8, 4) is 18.1 Å². The molecule has 3 heterocycles. The molecule has 3 rings (SSSR count). The number of fused-ring (bicyclic) bond motifs is 1. The van der Waals surface area contributed by atoms with Crippen LogP contribution >= 0.6 is 11.6 Å². The number of unbranched alkanes of at least 4 members (excludes halogenated alkanes) is 1. The molecule has 146 valence electrons.